The molecule has 0 radical (unpaired) electrons. The van der Waals surface area contributed by atoms with Gasteiger partial charge in [0.15, 0.2) is 0 Å². The minimum atomic E-state index is -0.0822. The van der Waals surface area contributed by atoms with Crippen LogP contribution in [0.1, 0.15) is 11.3 Å². The number of aliphatic hydroxyl groups excluding tert-OH is 1. The molecule has 0 aliphatic heterocycles. The Labute approximate surface area is 59.0 Å². The lowest BCUT2D eigenvalue weighted by Gasteiger charge is -1.98. The second-order valence-electron chi connectivity index (χ2n) is 2.12. The van der Waals surface area contributed by atoms with E-state index in [9.17, 15) is 0 Å². The van der Waals surface area contributed by atoms with Gasteiger partial charge in [0.25, 0.3) is 0 Å². The highest BCUT2D eigenvalue weighted by molar-refractivity contribution is 5.29. The molecule has 10 heavy (non-hydrogen) atoms. The first-order valence-electron chi connectivity index (χ1n) is 2.99. The van der Waals surface area contributed by atoms with Gasteiger partial charge in [-0.05, 0) is 18.6 Å². The SMILES string of the molecule is Cc1cc(CO)ncc1O. The molecule has 0 amide bonds. The van der Waals surface area contributed by atoms with Crippen LogP contribution in [0.2, 0.25) is 0 Å². The molecule has 54 valence electrons. The van der Waals surface area contributed by atoms with Gasteiger partial charge in [-0.1, -0.05) is 0 Å². The van der Waals surface area contributed by atoms with E-state index in [0.717, 1.165) is 5.56 Å². The van der Waals surface area contributed by atoms with Gasteiger partial charge in [-0.3, -0.25) is 4.98 Å². The van der Waals surface area contributed by atoms with Crippen molar-refractivity contribution >= 4 is 0 Å². The fourth-order valence-corrected chi connectivity index (χ4v) is 0.693. The standard InChI is InChI=1S/C7H9NO2/c1-5-2-6(4-9)8-3-7(5)10/h2-3,9-10H,4H2,1H3. The van der Waals surface area contributed by atoms with Gasteiger partial charge >= 0.3 is 0 Å². The molecule has 0 aromatic carbocycles. The zero-order chi connectivity index (χ0) is 7.56. The Morgan fingerprint density at radius 1 is 1.60 bits per heavy atom. The monoisotopic (exact) mass is 139 g/mol. The Bertz CT molecular complexity index is 235. The van der Waals surface area contributed by atoms with Crippen LogP contribution in [0, 0.1) is 6.92 Å². The molecule has 1 aromatic heterocycles. The molecule has 0 saturated heterocycles. The summed E-state index contributed by atoms with van der Waals surface area (Å²) < 4.78 is 0. The predicted molar refractivity (Wildman–Crippen MR) is 36.6 cm³/mol. The summed E-state index contributed by atoms with van der Waals surface area (Å²) in [6, 6.07) is 1.65. The minimum absolute atomic E-state index is 0.0822. The Balaban J connectivity index is 3.04. The summed E-state index contributed by atoms with van der Waals surface area (Å²) in [5.41, 5.74) is 1.31. The minimum Gasteiger partial charge on any atom is -0.506 e. The molecule has 0 saturated carbocycles. The first kappa shape index (κ1) is 7.02. The molecule has 0 aliphatic carbocycles. The quantitative estimate of drug-likeness (QED) is 0.598. The average Bonchev–Trinajstić information content (AvgIpc) is 1.95. The molecule has 0 fully saturated rings. The molecule has 0 unspecified atom stereocenters. The molecule has 1 heterocycles. The highest BCUT2D eigenvalue weighted by atomic mass is 16.3. The van der Waals surface area contributed by atoms with E-state index in [4.69, 9.17) is 10.2 Å². The van der Waals surface area contributed by atoms with Crippen molar-refractivity contribution in [3.63, 3.8) is 0 Å². The van der Waals surface area contributed by atoms with E-state index < -0.39 is 0 Å². The van der Waals surface area contributed by atoms with E-state index in [1.165, 1.54) is 6.20 Å². The third-order valence-corrected chi connectivity index (χ3v) is 1.30. The van der Waals surface area contributed by atoms with Crippen LogP contribution in [0.15, 0.2) is 12.3 Å². The fourth-order valence-electron chi connectivity index (χ4n) is 0.693. The van der Waals surface area contributed by atoms with Crippen LogP contribution < -0.4 is 0 Å². The molecular weight excluding hydrogens is 130 g/mol. The van der Waals surface area contributed by atoms with Crippen molar-refractivity contribution in [2.75, 3.05) is 0 Å². The zero-order valence-electron chi connectivity index (χ0n) is 5.70. The maximum Gasteiger partial charge on any atom is 0.136 e. The largest absolute Gasteiger partial charge is 0.506 e. The van der Waals surface area contributed by atoms with E-state index in [2.05, 4.69) is 4.98 Å². The van der Waals surface area contributed by atoms with Crippen LogP contribution in [0.3, 0.4) is 0 Å². The molecule has 2 N–H and O–H groups in total. The van der Waals surface area contributed by atoms with Crippen molar-refractivity contribution in [3.05, 3.63) is 23.5 Å². The van der Waals surface area contributed by atoms with Gasteiger partial charge in [0.1, 0.15) is 5.75 Å². The second-order valence-corrected chi connectivity index (χ2v) is 2.12. The number of hydrogen-bond acceptors (Lipinski definition) is 3. The highest BCUT2D eigenvalue weighted by Crippen LogP contribution is 2.13. The van der Waals surface area contributed by atoms with E-state index in [0.29, 0.717) is 5.69 Å². The smallest absolute Gasteiger partial charge is 0.136 e. The lowest BCUT2D eigenvalue weighted by Crippen LogP contribution is -1.88. The first-order chi connectivity index (χ1) is 4.74. The maximum atomic E-state index is 9.00. The Kier molecular flexibility index (Phi) is 1.87. The first-order valence-corrected chi connectivity index (χ1v) is 2.99. The Morgan fingerprint density at radius 3 is 2.80 bits per heavy atom. The van der Waals surface area contributed by atoms with Crippen molar-refractivity contribution in [1.82, 2.24) is 4.98 Å². The molecule has 3 nitrogen and oxygen atoms in total. The zero-order valence-corrected chi connectivity index (χ0v) is 5.70. The van der Waals surface area contributed by atoms with Crippen LogP contribution in [-0.4, -0.2) is 15.2 Å². The predicted octanol–water partition coefficient (Wildman–Crippen LogP) is 0.588. The van der Waals surface area contributed by atoms with Crippen molar-refractivity contribution in [3.8, 4) is 5.75 Å². The normalized spacial score (nSPS) is 9.80. The summed E-state index contributed by atoms with van der Waals surface area (Å²) in [5, 5.41) is 17.6. The molecule has 3 heteroatoms. The summed E-state index contributed by atoms with van der Waals surface area (Å²) in [6.07, 6.45) is 1.33. The van der Waals surface area contributed by atoms with Crippen LogP contribution in [0.4, 0.5) is 0 Å². The van der Waals surface area contributed by atoms with Crippen molar-refractivity contribution < 1.29 is 10.2 Å². The molecular formula is C7H9NO2. The van der Waals surface area contributed by atoms with Gasteiger partial charge in [-0.25, -0.2) is 0 Å². The van der Waals surface area contributed by atoms with Crippen LogP contribution in [0.5, 0.6) is 5.75 Å². The summed E-state index contributed by atoms with van der Waals surface area (Å²) in [6.45, 7) is 1.68. The molecule has 1 rings (SSSR count). The number of rotatable bonds is 1. The van der Waals surface area contributed by atoms with Gasteiger partial charge in [-0.15, -0.1) is 0 Å². The topological polar surface area (TPSA) is 53.4 Å². The van der Waals surface area contributed by atoms with E-state index in [1.54, 1.807) is 13.0 Å². The lowest BCUT2D eigenvalue weighted by atomic mass is 10.2. The molecule has 0 spiro atoms. The fraction of sp³-hybridized carbons (Fsp3) is 0.286. The second kappa shape index (κ2) is 2.66. The van der Waals surface area contributed by atoms with Gasteiger partial charge in [0.2, 0.25) is 0 Å². The summed E-state index contributed by atoms with van der Waals surface area (Å²) in [7, 11) is 0. The number of hydrogen-bond donors (Lipinski definition) is 2. The molecule has 0 bridgehead atoms. The van der Waals surface area contributed by atoms with Crippen molar-refractivity contribution in [2.24, 2.45) is 0 Å². The average molecular weight is 139 g/mol. The number of aromatic nitrogens is 1. The van der Waals surface area contributed by atoms with Crippen molar-refractivity contribution in [1.29, 1.82) is 0 Å². The van der Waals surface area contributed by atoms with Crippen LogP contribution >= 0.6 is 0 Å². The lowest BCUT2D eigenvalue weighted by molar-refractivity contribution is 0.276. The van der Waals surface area contributed by atoms with Gasteiger partial charge in [0.05, 0.1) is 18.5 Å². The van der Waals surface area contributed by atoms with E-state index in [1.807, 2.05) is 0 Å². The Morgan fingerprint density at radius 2 is 2.30 bits per heavy atom. The number of aryl methyl sites for hydroxylation is 1. The number of aliphatic hydroxyl groups is 1. The highest BCUT2D eigenvalue weighted by Gasteiger charge is 1.96. The summed E-state index contributed by atoms with van der Waals surface area (Å²) >= 11 is 0. The number of pyridine rings is 1. The van der Waals surface area contributed by atoms with Gasteiger partial charge in [-0.2, -0.15) is 0 Å². The van der Waals surface area contributed by atoms with Gasteiger partial charge < -0.3 is 10.2 Å². The van der Waals surface area contributed by atoms with E-state index in [-0.39, 0.29) is 12.4 Å². The Hall–Kier alpha value is -1.09. The summed E-state index contributed by atoms with van der Waals surface area (Å²) in [5.74, 6) is 0.164. The molecule has 0 atom stereocenters. The van der Waals surface area contributed by atoms with Gasteiger partial charge in [0, 0.05) is 0 Å². The third-order valence-electron chi connectivity index (χ3n) is 1.30. The van der Waals surface area contributed by atoms with Crippen LogP contribution in [-0.2, 0) is 6.61 Å². The third kappa shape index (κ3) is 1.25. The van der Waals surface area contributed by atoms with Crippen molar-refractivity contribution in [2.45, 2.75) is 13.5 Å². The van der Waals surface area contributed by atoms with Crippen LogP contribution in [0.25, 0.3) is 0 Å². The number of nitrogens with zero attached hydrogens (tertiary/aromatic N) is 1. The number of aromatic hydroxyl groups is 1. The summed E-state index contributed by atoms with van der Waals surface area (Å²) in [4.78, 5) is 3.76. The molecule has 1 aromatic rings. The maximum absolute atomic E-state index is 9.00. The van der Waals surface area contributed by atoms with E-state index >= 15 is 0 Å². The molecule has 0 aliphatic rings.